The van der Waals surface area contributed by atoms with Gasteiger partial charge in [-0.2, -0.15) is 0 Å². The average Bonchev–Trinajstić information content (AvgIpc) is 2.85. The number of rotatable bonds is 7. The molecule has 1 saturated heterocycles. The third-order valence-electron chi connectivity index (χ3n) is 3.34. The Kier molecular flexibility index (Phi) is 6.83. The highest BCUT2D eigenvalue weighted by molar-refractivity contribution is 5.78. The summed E-state index contributed by atoms with van der Waals surface area (Å²) in [5.41, 5.74) is 0. The third kappa shape index (κ3) is 5.90. The van der Waals surface area contributed by atoms with Crippen molar-refractivity contribution >= 4 is 17.9 Å². The summed E-state index contributed by atoms with van der Waals surface area (Å²) in [5.74, 6) is -0.608. The Morgan fingerprint density at radius 2 is 2.00 bits per heavy atom. The predicted octanol–water partition coefficient (Wildman–Crippen LogP) is 0.409. The van der Waals surface area contributed by atoms with Crippen LogP contribution in [0, 0.1) is 5.92 Å². The third-order valence-corrected chi connectivity index (χ3v) is 3.34. The highest BCUT2D eigenvalue weighted by atomic mass is 16.4. The van der Waals surface area contributed by atoms with Crippen LogP contribution < -0.4 is 10.6 Å². The molecular formula is C13H23N3O4. The number of carboxylic acid groups (broad SMARTS) is 1. The summed E-state index contributed by atoms with van der Waals surface area (Å²) in [6.07, 6.45) is 1.88. The molecular weight excluding hydrogens is 262 g/mol. The van der Waals surface area contributed by atoms with E-state index in [0.29, 0.717) is 32.6 Å². The molecule has 1 rings (SSSR count). The summed E-state index contributed by atoms with van der Waals surface area (Å²) in [5, 5.41) is 14.0. The van der Waals surface area contributed by atoms with Crippen LogP contribution in [0.3, 0.4) is 0 Å². The van der Waals surface area contributed by atoms with Gasteiger partial charge in [0.2, 0.25) is 5.91 Å². The molecule has 1 fully saturated rings. The van der Waals surface area contributed by atoms with E-state index in [1.165, 1.54) is 0 Å². The number of hydrogen-bond donors (Lipinski definition) is 3. The number of nitrogens with zero attached hydrogens (tertiary/aromatic N) is 1. The van der Waals surface area contributed by atoms with Crippen LogP contribution in [0.4, 0.5) is 4.79 Å². The van der Waals surface area contributed by atoms with E-state index in [9.17, 15) is 14.4 Å². The van der Waals surface area contributed by atoms with Gasteiger partial charge in [-0.15, -0.1) is 0 Å². The summed E-state index contributed by atoms with van der Waals surface area (Å²) in [6.45, 7) is 4.00. The Morgan fingerprint density at radius 3 is 2.65 bits per heavy atom. The van der Waals surface area contributed by atoms with Gasteiger partial charge in [0.05, 0.1) is 0 Å². The van der Waals surface area contributed by atoms with Gasteiger partial charge in [0.15, 0.2) is 0 Å². The lowest BCUT2D eigenvalue weighted by atomic mass is 10.0. The molecule has 0 bridgehead atoms. The van der Waals surface area contributed by atoms with Crippen molar-refractivity contribution in [3.8, 4) is 0 Å². The minimum absolute atomic E-state index is 0.0754. The average molecular weight is 285 g/mol. The highest BCUT2D eigenvalue weighted by Crippen LogP contribution is 2.20. The fraction of sp³-hybridized carbons (Fsp3) is 0.769. The minimum Gasteiger partial charge on any atom is -0.481 e. The van der Waals surface area contributed by atoms with E-state index in [1.54, 1.807) is 4.90 Å². The predicted molar refractivity (Wildman–Crippen MR) is 73.2 cm³/mol. The number of carbonyl (C=O) groups is 3. The molecule has 7 heteroatoms. The first-order valence-corrected chi connectivity index (χ1v) is 7.04. The Hall–Kier alpha value is -1.79. The van der Waals surface area contributed by atoms with Crippen LogP contribution in [0.1, 0.15) is 32.6 Å². The quantitative estimate of drug-likeness (QED) is 0.631. The normalized spacial score (nSPS) is 17.9. The molecule has 3 amide bonds. The van der Waals surface area contributed by atoms with Gasteiger partial charge in [0, 0.05) is 39.0 Å². The summed E-state index contributed by atoms with van der Waals surface area (Å²) in [6, 6.07) is -0.174. The lowest BCUT2D eigenvalue weighted by Gasteiger charge is -2.17. The Balaban J connectivity index is 2.18. The van der Waals surface area contributed by atoms with E-state index in [1.807, 2.05) is 6.92 Å². The van der Waals surface area contributed by atoms with Crippen molar-refractivity contribution in [1.82, 2.24) is 15.5 Å². The standard InChI is InChI=1S/C13H23N3O4/c1-2-14-11(17)5-7-15-13(20)16-8-6-10(9-16)3-4-12(18)19/h10H,2-9H2,1H3,(H,14,17)(H,15,20)(H,18,19). The molecule has 1 aliphatic heterocycles. The Bertz CT molecular complexity index is 360. The van der Waals surface area contributed by atoms with Crippen molar-refractivity contribution < 1.29 is 19.5 Å². The first-order valence-electron chi connectivity index (χ1n) is 7.04. The number of amides is 3. The lowest BCUT2D eigenvalue weighted by Crippen LogP contribution is -2.40. The maximum Gasteiger partial charge on any atom is 0.317 e. The zero-order valence-electron chi connectivity index (χ0n) is 11.9. The van der Waals surface area contributed by atoms with Gasteiger partial charge in [-0.05, 0) is 25.7 Å². The number of urea groups is 1. The van der Waals surface area contributed by atoms with Gasteiger partial charge < -0.3 is 20.6 Å². The van der Waals surface area contributed by atoms with Gasteiger partial charge in [0.25, 0.3) is 0 Å². The second-order valence-corrected chi connectivity index (χ2v) is 4.97. The lowest BCUT2D eigenvalue weighted by molar-refractivity contribution is -0.137. The zero-order chi connectivity index (χ0) is 15.0. The SMILES string of the molecule is CCNC(=O)CCNC(=O)N1CCC(CCC(=O)O)C1. The van der Waals surface area contributed by atoms with Gasteiger partial charge in [-0.1, -0.05) is 0 Å². The zero-order valence-corrected chi connectivity index (χ0v) is 11.9. The molecule has 7 nitrogen and oxygen atoms in total. The monoisotopic (exact) mass is 285 g/mol. The highest BCUT2D eigenvalue weighted by Gasteiger charge is 2.26. The minimum atomic E-state index is -0.796. The number of aliphatic carboxylic acids is 1. The number of nitrogens with one attached hydrogen (secondary N) is 2. The van der Waals surface area contributed by atoms with Crippen LogP contribution in [0.2, 0.25) is 0 Å². The van der Waals surface area contributed by atoms with Crippen molar-refractivity contribution in [3.05, 3.63) is 0 Å². The van der Waals surface area contributed by atoms with E-state index in [4.69, 9.17) is 5.11 Å². The molecule has 3 N–H and O–H groups in total. The summed E-state index contributed by atoms with van der Waals surface area (Å²) < 4.78 is 0. The molecule has 0 saturated carbocycles. The van der Waals surface area contributed by atoms with Crippen LogP contribution in [0.15, 0.2) is 0 Å². The topological polar surface area (TPSA) is 98.7 Å². The molecule has 20 heavy (non-hydrogen) atoms. The van der Waals surface area contributed by atoms with Crippen LogP contribution >= 0.6 is 0 Å². The molecule has 0 spiro atoms. The molecule has 0 aromatic heterocycles. The summed E-state index contributed by atoms with van der Waals surface area (Å²) in [7, 11) is 0. The molecule has 114 valence electrons. The Morgan fingerprint density at radius 1 is 1.25 bits per heavy atom. The van der Waals surface area contributed by atoms with E-state index in [-0.39, 0.29) is 30.7 Å². The molecule has 1 atom stereocenters. The van der Waals surface area contributed by atoms with E-state index < -0.39 is 5.97 Å². The number of hydrogen-bond acceptors (Lipinski definition) is 3. The van der Waals surface area contributed by atoms with Crippen molar-refractivity contribution in [2.45, 2.75) is 32.6 Å². The molecule has 0 aromatic carbocycles. The number of carbonyl (C=O) groups excluding carboxylic acids is 2. The summed E-state index contributed by atoms with van der Waals surface area (Å²) in [4.78, 5) is 35.2. The number of carboxylic acids is 1. The molecule has 1 unspecified atom stereocenters. The van der Waals surface area contributed by atoms with Crippen LogP contribution in [0.25, 0.3) is 0 Å². The smallest absolute Gasteiger partial charge is 0.317 e. The van der Waals surface area contributed by atoms with E-state index in [0.717, 1.165) is 6.42 Å². The van der Waals surface area contributed by atoms with Gasteiger partial charge in [-0.25, -0.2) is 4.79 Å². The number of likely N-dealkylation sites (tertiary alicyclic amines) is 1. The van der Waals surface area contributed by atoms with Gasteiger partial charge >= 0.3 is 12.0 Å². The van der Waals surface area contributed by atoms with Gasteiger partial charge in [0.1, 0.15) is 0 Å². The first kappa shape index (κ1) is 16.3. The first-order chi connectivity index (χ1) is 9.52. The molecule has 0 aromatic rings. The molecule has 0 radical (unpaired) electrons. The molecule has 0 aliphatic carbocycles. The fourth-order valence-electron chi connectivity index (χ4n) is 2.26. The van der Waals surface area contributed by atoms with Gasteiger partial charge in [-0.3, -0.25) is 9.59 Å². The van der Waals surface area contributed by atoms with Crippen molar-refractivity contribution in [3.63, 3.8) is 0 Å². The summed E-state index contributed by atoms with van der Waals surface area (Å²) >= 11 is 0. The second kappa shape index (κ2) is 8.39. The van der Waals surface area contributed by atoms with Crippen LogP contribution in [-0.2, 0) is 9.59 Å². The largest absolute Gasteiger partial charge is 0.481 e. The molecule has 1 heterocycles. The van der Waals surface area contributed by atoms with E-state index in [2.05, 4.69) is 10.6 Å². The second-order valence-electron chi connectivity index (χ2n) is 4.97. The Labute approximate surface area is 118 Å². The van der Waals surface area contributed by atoms with Crippen LogP contribution in [0.5, 0.6) is 0 Å². The van der Waals surface area contributed by atoms with Crippen molar-refractivity contribution in [2.75, 3.05) is 26.2 Å². The van der Waals surface area contributed by atoms with Crippen LogP contribution in [-0.4, -0.2) is 54.1 Å². The van der Waals surface area contributed by atoms with Crippen molar-refractivity contribution in [2.24, 2.45) is 5.92 Å². The molecule has 1 aliphatic rings. The van der Waals surface area contributed by atoms with Crippen molar-refractivity contribution in [1.29, 1.82) is 0 Å². The maximum absolute atomic E-state index is 11.8. The fourth-order valence-corrected chi connectivity index (χ4v) is 2.26. The maximum atomic E-state index is 11.8. The van der Waals surface area contributed by atoms with E-state index >= 15 is 0 Å².